The third-order valence-corrected chi connectivity index (χ3v) is 2.07. The number of methoxy groups -OCH3 is 1. The van der Waals surface area contributed by atoms with Gasteiger partial charge in [0.15, 0.2) is 5.78 Å². The van der Waals surface area contributed by atoms with Gasteiger partial charge in [-0.25, -0.2) is 0 Å². The number of carbonyl (C=O) groups excluding carboxylic acids is 1. The molecule has 0 N–H and O–H groups in total. The summed E-state index contributed by atoms with van der Waals surface area (Å²) in [6.45, 7) is 0.0652. The molecule has 0 fully saturated rings. The highest BCUT2D eigenvalue weighted by Crippen LogP contribution is 2.14. The van der Waals surface area contributed by atoms with Gasteiger partial charge in [0.1, 0.15) is 6.61 Å². The molecule has 4 nitrogen and oxygen atoms in total. The largest absolute Gasteiger partial charge is 0.377 e. The molecule has 0 radical (unpaired) electrons. The van der Waals surface area contributed by atoms with Gasteiger partial charge in [-0.3, -0.25) is 14.8 Å². The standard InChI is InChI=1S/C11H10N2O2/c1-15-7-10(14)8-3-2-4-9-11(8)13-6-5-12-9/h2-6H,7H2,1H3. The molecular formula is C11H10N2O2. The van der Waals surface area contributed by atoms with Crippen LogP contribution in [0, 0.1) is 0 Å². The maximum absolute atomic E-state index is 11.7. The number of hydrogen-bond donors (Lipinski definition) is 0. The second kappa shape index (κ2) is 4.14. The number of ether oxygens (including phenoxy) is 1. The number of carbonyl (C=O) groups is 1. The van der Waals surface area contributed by atoms with Gasteiger partial charge >= 0.3 is 0 Å². The number of ketones is 1. The van der Waals surface area contributed by atoms with E-state index in [4.69, 9.17) is 4.74 Å². The summed E-state index contributed by atoms with van der Waals surface area (Å²) in [5.41, 5.74) is 1.91. The molecule has 0 aliphatic carbocycles. The van der Waals surface area contributed by atoms with Crippen molar-refractivity contribution >= 4 is 16.8 Å². The quantitative estimate of drug-likeness (QED) is 0.707. The van der Waals surface area contributed by atoms with Crippen molar-refractivity contribution in [3.63, 3.8) is 0 Å². The fraction of sp³-hybridized carbons (Fsp3) is 0.182. The maximum Gasteiger partial charge on any atom is 0.190 e. The van der Waals surface area contributed by atoms with Crippen LogP contribution >= 0.6 is 0 Å². The van der Waals surface area contributed by atoms with Crippen molar-refractivity contribution in [1.82, 2.24) is 9.97 Å². The molecule has 15 heavy (non-hydrogen) atoms. The summed E-state index contributed by atoms with van der Waals surface area (Å²) >= 11 is 0. The smallest absolute Gasteiger partial charge is 0.190 e. The molecule has 0 bridgehead atoms. The lowest BCUT2D eigenvalue weighted by atomic mass is 10.1. The van der Waals surface area contributed by atoms with Gasteiger partial charge in [-0.15, -0.1) is 0 Å². The van der Waals surface area contributed by atoms with Crippen LogP contribution in [0.1, 0.15) is 10.4 Å². The highest BCUT2D eigenvalue weighted by atomic mass is 16.5. The summed E-state index contributed by atoms with van der Waals surface area (Å²) in [5, 5.41) is 0. The Bertz CT molecular complexity index is 491. The van der Waals surface area contributed by atoms with Crippen LogP contribution in [0.2, 0.25) is 0 Å². The zero-order chi connectivity index (χ0) is 10.7. The molecule has 2 aromatic rings. The Morgan fingerprint density at radius 3 is 2.93 bits per heavy atom. The minimum absolute atomic E-state index is 0.0652. The van der Waals surface area contributed by atoms with Crippen LogP contribution in [-0.2, 0) is 4.74 Å². The zero-order valence-electron chi connectivity index (χ0n) is 8.30. The van der Waals surface area contributed by atoms with Crippen LogP contribution in [0.4, 0.5) is 0 Å². The van der Waals surface area contributed by atoms with Gasteiger partial charge in [0, 0.05) is 25.1 Å². The molecule has 0 saturated carbocycles. The summed E-state index contributed by atoms with van der Waals surface area (Å²) in [4.78, 5) is 19.9. The van der Waals surface area contributed by atoms with Crippen LogP contribution < -0.4 is 0 Å². The Balaban J connectivity index is 2.56. The fourth-order valence-electron chi connectivity index (χ4n) is 1.43. The molecule has 0 unspecified atom stereocenters. The van der Waals surface area contributed by atoms with Crippen molar-refractivity contribution in [1.29, 1.82) is 0 Å². The monoisotopic (exact) mass is 202 g/mol. The summed E-state index contributed by atoms with van der Waals surface area (Å²) in [6.07, 6.45) is 3.18. The molecule has 0 saturated heterocycles. The number of aromatic nitrogens is 2. The molecule has 2 rings (SSSR count). The molecule has 0 aliphatic heterocycles. The van der Waals surface area contributed by atoms with Crippen molar-refractivity contribution in [2.75, 3.05) is 13.7 Å². The van der Waals surface area contributed by atoms with Crippen molar-refractivity contribution in [2.24, 2.45) is 0 Å². The Morgan fingerprint density at radius 2 is 2.13 bits per heavy atom. The van der Waals surface area contributed by atoms with Gasteiger partial charge in [-0.2, -0.15) is 0 Å². The molecule has 4 heteroatoms. The number of rotatable bonds is 3. The second-order valence-electron chi connectivity index (χ2n) is 3.09. The number of fused-ring (bicyclic) bond motifs is 1. The Morgan fingerprint density at radius 1 is 1.33 bits per heavy atom. The molecular weight excluding hydrogens is 192 g/mol. The van der Waals surface area contributed by atoms with E-state index in [0.717, 1.165) is 5.52 Å². The predicted molar refractivity (Wildman–Crippen MR) is 55.7 cm³/mol. The molecule has 1 aromatic carbocycles. The molecule has 0 amide bonds. The molecule has 1 heterocycles. The van der Waals surface area contributed by atoms with E-state index in [1.807, 2.05) is 6.07 Å². The highest BCUT2D eigenvalue weighted by molar-refractivity contribution is 6.06. The van der Waals surface area contributed by atoms with E-state index in [2.05, 4.69) is 9.97 Å². The molecule has 0 aliphatic rings. The molecule has 76 valence electrons. The normalized spacial score (nSPS) is 10.5. The molecule has 0 spiro atoms. The Kier molecular flexibility index (Phi) is 2.69. The van der Waals surface area contributed by atoms with E-state index in [0.29, 0.717) is 11.1 Å². The third kappa shape index (κ3) is 1.85. The number of nitrogens with zero attached hydrogens (tertiary/aromatic N) is 2. The summed E-state index contributed by atoms with van der Waals surface area (Å²) in [7, 11) is 1.49. The van der Waals surface area contributed by atoms with E-state index >= 15 is 0 Å². The van der Waals surface area contributed by atoms with Crippen molar-refractivity contribution in [3.8, 4) is 0 Å². The van der Waals surface area contributed by atoms with Crippen LogP contribution in [-0.4, -0.2) is 29.5 Å². The van der Waals surface area contributed by atoms with Crippen molar-refractivity contribution < 1.29 is 9.53 Å². The maximum atomic E-state index is 11.7. The van der Waals surface area contributed by atoms with E-state index in [1.165, 1.54) is 7.11 Å². The molecule has 1 aromatic heterocycles. The van der Waals surface area contributed by atoms with Gasteiger partial charge in [0.25, 0.3) is 0 Å². The summed E-state index contributed by atoms with van der Waals surface area (Å²) in [5.74, 6) is -0.0800. The number of para-hydroxylation sites is 1. The predicted octanol–water partition coefficient (Wildman–Crippen LogP) is 1.46. The number of benzene rings is 1. The van der Waals surface area contributed by atoms with Crippen LogP contribution in [0.3, 0.4) is 0 Å². The van der Waals surface area contributed by atoms with Gasteiger partial charge in [-0.1, -0.05) is 6.07 Å². The number of hydrogen-bond acceptors (Lipinski definition) is 4. The summed E-state index contributed by atoms with van der Waals surface area (Å²) < 4.78 is 4.81. The van der Waals surface area contributed by atoms with E-state index < -0.39 is 0 Å². The van der Waals surface area contributed by atoms with Crippen LogP contribution in [0.25, 0.3) is 11.0 Å². The first-order valence-electron chi connectivity index (χ1n) is 4.55. The van der Waals surface area contributed by atoms with Gasteiger partial charge in [0.2, 0.25) is 0 Å². The lowest BCUT2D eigenvalue weighted by Crippen LogP contribution is -2.08. The topological polar surface area (TPSA) is 52.1 Å². The Hall–Kier alpha value is -1.81. The van der Waals surface area contributed by atoms with E-state index in [-0.39, 0.29) is 12.4 Å². The first kappa shape index (κ1) is 9.73. The first-order valence-corrected chi connectivity index (χ1v) is 4.55. The van der Waals surface area contributed by atoms with Gasteiger partial charge < -0.3 is 4.74 Å². The highest BCUT2D eigenvalue weighted by Gasteiger charge is 2.10. The van der Waals surface area contributed by atoms with E-state index in [1.54, 1.807) is 24.5 Å². The first-order chi connectivity index (χ1) is 7.33. The average molecular weight is 202 g/mol. The number of Topliss-reactive ketones (excluding diaryl/α,β-unsaturated/α-hetero) is 1. The minimum Gasteiger partial charge on any atom is -0.377 e. The Labute approximate surface area is 86.9 Å². The van der Waals surface area contributed by atoms with Gasteiger partial charge in [0.05, 0.1) is 11.0 Å². The zero-order valence-corrected chi connectivity index (χ0v) is 8.30. The lowest BCUT2D eigenvalue weighted by molar-refractivity contribution is 0.0849. The van der Waals surface area contributed by atoms with Crippen LogP contribution in [0.15, 0.2) is 30.6 Å². The second-order valence-corrected chi connectivity index (χ2v) is 3.09. The van der Waals surface area contributed by atoms with Crippen LogP contribution in [0.5, 0.6) is 0 Å². The molecule has 0 atom stereocenters. The average Bonchev–Trinajstić information content (AvgIpc) is 2.28. The third-order valence-electron chi connectivity index (χ3n) is 2.07. The van der Waals surface area contributed by atoms with Crippen molar-refractivity contribution in [3.05, 3.63) is 36.2 Å². The lowest BCUT2D eigenvalue weighted by Gasteiger charge is -2.02. The van der Waals surface area contributed by atoms with Crippen molar-refractivity contribution in [2.45, 2.75) is 0 Å². The summed E-state index contributed by atoms with van der Waals surface area (Å²) in [6, 6.07) is 5.35. The van der Waals surface area contributed by atoms with E-state index in [9.17, 15) is 4.79 Å². The fourth-order valence-corrected chi connectivity index (χ4v) is 1.43. The minimum atomic E-state index is -0.0800. The van der Waals surface area contributed by atoms with Gasteiger partial charge in [-0.05, 0) is 12.1 Å². The SMILES string of the molecule is COCC(=O)c1cccc2nccnc12.